The highest BCUT2D eigenvalue weighted by Gasteiger charge is 2.16. The molecule has 0 bridgehead atoms. The van der Waals surface area contributed by atoms with Crippen LogP contribution in [-0.2, 0) is 4.79 Å². The summed E-state index contributed by atoms with van der Waals surface area (Å²) in [5.74, 6) is -0.630. The van der Waals surface area contributed by atoms with Gasteiger partial charge in [-0.25, -0.2) is 4.99 Å². The molecule has 86 valence electrons. The van der Waals surface area contributed by atoms with Crippen LogP contribution < -0.4 is 32.2 Å². The number of amides is 1. The Labute approximate surface area is 94.4 Å². The number of nitrogens with one attached hydrogen (secondary N) is 3. The zero-order valence-corrected chi connectivity index (χ0v) is 8.83. The van der Waals surface area contributed by atoms with Crippen LogP contribution in [0.25, 0.3) is 0 Å². The van der Waals surface area contributed by atoms with Crippen molar-refractivity contribution in [1.82, 2.24) is 0 Å². The molecule has 7 heteroatoms. The molecule has 2 rings (SSSR count). The van der Waals surface area contributed by atoms with Crippen LogP contribution in [0.15, 0.2) is 27.0 Å². The molecule has 0 spiro atoms. The van der Waals surface area contributed by atoms with Crippen molar-refractivity contribution < 1.29 is 4.79 Å². The SMILES string of the molecule is CC(=O)N=c1c(=O)c2c(c(=O)c1=N)NC=CN2. The van der Waals surface area contributed by atoms with E-state index >= 15 is 0 Å². The number of hydrogen-bond donors (Lipinski definition) is 3. The van der Waals surface area contributed by atoms with Gasteiger partial charge in [0.15, 0.2) is 0 Å². The summed E-state index contributed by atoms with van der Waals surface area (Å²) in [5.41, 5.74) is -1.30. The van der Waals surface area contributed by atoms with Crippen LogP contribution in [-0.4, -0.2) is 5.91 Å². The number of carbonyl (C=O) groups excluding carboxylic acids is 1. The number of carbonyl (C=O) groups is 1. The first-order valence-electron chi connectivity index (χ1n) is 4.72. The highest BCUT2D eigenvalue weighted by Crippen LogP contribution is 2.12. The van der Waals surface area contributed by atoms with E-state index < -0.39 is 27.5 Å². The molecule has 7 nitrogen and oxygen atoms in total. The van der Waals surface area contributed by atoms with Gasteiger partial charge < -0.3 is 10.6 Å². The summed E-state index contributed by atoms with van der Waals surface area (Å²) in [6.45, 7) is 1.15. The molecule has 0 unspecified atom stereocenters. The molecule has 1 amide bonds. The smallest absolute Gasteiger partial charge is 0.243 e. The van der Waals surface area contributed by atoms with Gasteiger partial charge in [0.1, 0.15) is 22.1 Å². The van der Waals surface area contributed by atoms with Gasteiger partial charge in [0.25, 0.3) is 0 Å². The third kappa shape index (κ3) is 1.67. The molecular formula is C10H8N4O3. The minimum absolute atomic E-state index is 0.00463. The summed E-state index contributed by atoms with van der Waals surface area (Å²) in [4.78, 5) is 37.9. The Kier molecular flexibility index (Phi) is 2.43. The van der Waals surface area contributed by atoms with Gasteiger partial charge in [-0.3, -0.25) is 19.8 Å². The van der Waals surface area contributed by atoms with E-state index in [-0.39, 0.29) is 11.4 Å². The molecule has 0 fully saturated rings. The molecule has 1 aromatic rings. The summed E-state index contributed by atoms with van der Waals surface area (Å²) < 4.78 is 0. The fourth-order valence-corrected chi connectivity index (χ4v) is 1.48. The lowest BCUT2D eigenvalue weighted by Crippen LogP contribution is -2.50. The van der Waals surface area contributed by atoms with Crippen molar-refractivity contribution in [3.8, 4) is 0 Å². The lowest BCUT2D eigenvalue weighted by atomic mass is 10.2. The minimum Gasteiger partial charge on any atom is -0.355 e. The number of fused-ring (bicyclic) bond motifs is 1. The summed E-state index contributed by atoms with van der Waals surface area (Å²) in [5, 5.41) is 11.7. The fourth-order valence-electron chi connectivity index (χ4n) is 1.48. The molecule has 0 saturated heterocycles. The van der Waals surface area contributed by atoms with Crippen molar-refractivity contribution in [2.75, 3.05) is 10.6 Å². The number of rotatable bonds is 0. The average molecular weight is 232 g/mol. The summed E-state index contributed by atoms with van der Waals surface area (Å²) in [6.07, 6.45) is 2.87. The maximum absolute atomic E-state index is 11.9. The molecule has 3 N–H and O–H groups in total. The van der Waals surface area contributed by atoms with E-state index in [1.54, 1.807) is 0 Å². The molecule has 0 saturated carbocycles. The van der Waals surface area contributed by atoms with E-state index in [4.69, 9.17) is 5.41 Å². The highest BCUT2D eigenvalue weighted by molar-refractivity contribution is 5.75. The van der Waals surface area contributed by atoms with Crippen molar-refractivity contribution in [2.24, 2.45) is 4.99 Å². The van der Waals surface area contributed by atoms with Crippen molar-refractivity contribution in [3.63, 3.8) is 0 Å². The first-order chi connectivity index (χ1) is 8.02. The van der Waals surface area contributed by atoms with Crippen LogP contribution in [0, 0.1) is 5.41 Å². The van der Waals surface area contributed by atoms with Crippen molar-refractivity contribution in [3.05, 3.63) is 43.6 Å². The van der Waals surface area contributed by atoms with Crippen LogP contribution in [0.4, 0.5) is 11.4 Å². The van der Waals surface area contributed by atoms with Crippen LogP contribution in [0.5, 0.6) is 0 Å². The fraction of sp³-hybridized carbons (Fsp3) is 0.100. The predicted molar refractivity (Wildman–Crippen MR) is 59.8 cm³/mol. The van der Waals surface area contributed by atoms with E-state index in [2.05, 4.69) is 15.6 Å². The zero-order valence-electron chi connectivity index (χ0n) is 8.83. The number of benzene rings is 1. The Hall–Kier alpha value is -2.57. The summed E-state index contributed by atoms with van der Waals surface area (Å²) in [7, 11) is 0. The first-order valence-corrected chi connectivity index (χ1v) is 4.72. The van der Waals surface area contributed by atoms with Crippen LogP contribution in [0.2, 0.25) is 0 Å². The second kappa shape index (κ2) is 3.78. The first kappa shape index (κ1) is 10.9. The predicted octanol–water partition coefficient (Wildman–Crippen LogP) is -1.48. The molecule has 0 atom stereocenters. The molecule has 1 heterocycles. The molecule has 0 aliphatic carbocycles. The molecular weight excluding hydrogens is 224 g/mol. The molecule has 1 aromatic carbocycles. The van der Waals surface area contributed by atoms with E-state index in [0.717, 1.165) is 6.92 Å². The van der Waals surface area contributed by atoms with Gasteiger partial charge >= 0.3 is 0 Å². The molecule has 1 aliphatic rings. The maximum Gasteiger partial charge on any atom is 0.243 e. The Bertz CT molecular complexity index is 739. The summed E-state index contributed by atoms with van der Waals surface area (Å²) in [6, 6.07) is 0. The Morgan fingerprint density at radius 3 is 2.24 bits per heavy atom. The van der Waals surface area contributed by atoms with E-state index in [1.165, 1.54) is 12.4 Å². The maximum atomic E-state index is 11.9. The standard InChI is InChI=1S/C10H8N4O3/c1-4(15)14-6-5(11)9(16)7-8(10(6)17)13-3-2-12-7/h2-3,11-13H,1H3. The van der Waals surface area contributed by atoms with Gasteiger partial charge in [-0.2, -0.15) is 0 Å². The second-order valence-corrected chi connectivity index (χ2v) is 3.38. The van der Waals surface area contributed by atoms with Crippen LogP contribution in [0.1, 0.15) is 6.92 Å². The lowest BCUT2D eigenvalue weighted by Gasteiger charge is -2.11. The van der Waals surface area contributed by atoms with Gasteiger partial charge in [-0.15, -0.1) is 0 Å². The quantitative estimate of drug-likeness (QED) is 0.505. The Balaban J connectivity index is 2.98. The van der Waals surface area contributed by atoms with Crippen molar-refractivity contribution in [2.45, 2.75) is 6.92 Å². The van der Waals surface area contributed by atoms with E-state index in [9.17, 15) is 14.4 Å². The molecule has 0 aromatic heterocycles. The second-order valence-electron chi connectivity index (χ2n) is 3.38. The Morgan fingerprint density at radius 2 is 1.71 bits per heavy atom. The third-order valence-corrected chi connectivity index (χ3v) is 2.19. The molecule has 1 aliphatic heterocycles. The van der Waals surface area contributed by atoms with Gasteiger partial charge in [-0.1, -0.05) is 0 Å². The minimum atomic E-state index is -0.670. The van der Waals surface area contributed by atoms with Gasteiger partial charge in [0.05, 0.1) is 0 Å². The highest BCUT2D eigenvalue weighted by atomic mass is 16.1. The average Bonchev–Trinajstić information content (AvgIpc) is 2.31. The molecule has 17 heavy (non-hydrogen) atoms. The Morgan fingerprint density at radius 1 is 1.18 bits per heavy atom. The van der Waals surface area contributed by atoms with Gasteiger partial charge in [0, 0.05) is 19.3 Å². The number of anilines is 2. The largest absolute Gasteiger partial charge is 0.355 e. The lowest BCUT2D eigenvalue weighted by molar-refractivity contribution is -0.116. The van der Waals surface area contributed by atoms with Gasteiger partial charge in [0.2, 0.25) is 16.8 Å². The van der Waals surface area contributed by atoms with Gasteiger partial charge in [-0.05, 0) is 0 Å². The van der Waals surface area contributed by atoms with E-state index in [0.29, 0.717) is 0 Å². The van der Waals surface area contributed by atoms with E-state index in [1.807, 2.05) is 0 Å². The molecule has 0 radical (unpaired) electrons. The monoisotopic (exact) mass is 232 g/mol. The summed E-state index contributed by atoms with van der Waals surface area (Å²) >= 11 is 0. The topological polar surface area (TPSA) is 111 Å². The van der Waals surface area contributed by atoms with Crippen LogP contribution in [0.3, 0.4) is 0 Å². The van der Waals surface area contributed by atoms with Crippen LogP contribution >= 0.6 is 0 Å². The van der Waals surface area contributed by atoms with Crippen molar-refractivity contribution in [1.29, 1.82) is 5.41 Å². The number of hydrogen-bond acceptors (Lipinski definition) is 6. The normalized spacial score (nSPS) is 13.8. The third-order valence-electron chi connectivity index (χ3n) is 2.19. The van der Waals surface area contributed by atoms with Crippen molar-refractivity contribution >= 4 is 17.3 Å². The zero-order chi connectivity index (χ0) is 12.6. The number of nitrogens with zero attached hydrogens (tertiary/aromatic N) is 1.